The van der Waals surface area contributed by atoms with E-state index in [1.807, 2.05) is 12.1 Å². The van der Waals surface area contributed by atoms with Gasteiger partial charge in [0.05, 0.1) is 18.7 Å². The number of carbonyl (C=O) groups excluding carboxylic acids is 2. The molecular formula is C22H23FN4O3. The molecule has 0 saturated carbocycles. The Labute approximate surface area is 173 Å². The van der Waals surface area contributed by atoms with E-state index < -0.39 is 5.82 Å². The van der Waals surface area contributed by atoms with E-state index >= 15 is 0 Å². The van der Waals surface area contributed by atoms with Crippen LogP contribution in [0.2, 0.25) is 0 Å². The van der Waals surface area contributed by atoms with Crippen LogP contribution in [0.15, 0.2) is 55.0 Å². The minimum Gasteiger partial charge on any atom is -0.466 e. The summed E-state index contributed by atoms with van der Waals surface area (Å²) >= 11 is 0. The summed E-state index contributed by atoms with van der Waals surface area (Å²) < 4.78 is 22.8. The van der Waals surface area contributed by atoms with Crippen molar-refractivity contribution >= 4 is 11.9 Å². The molecule has 2 aromatic heterocycles. The molecular weight excluding hydrogens is 387 g/mol. The molecule has 4 rings (SSSR count). The molecule has 1 aliphatic heterocycles. The molecule has 0 unspecified atom stereocenters. The highest BCUT2D eigenvalue weighted by atomic mass is 19.1. The first kappa shape index (κ1) is 19.9. The van der Waals surface area contributed by atoms with Gasteiger partial charge in [-0.3, -0.25) is 9.59 Å². The molecule has 7 nitrogen and oxygen atoms in total. The smallest absolute Gasteiger partial charge is 0.310 e. The fourth-order valence-corrected chi connectivity index (χ4v) is 3.80. The van der Waals surface area contributed by atoms with Crippen molar-refractivity contribution < 1.29 is 18.7 Å². The molecule has 1 atom stereocenters. The lowest BCUT2D eigenvalue weighted by Gasteiger charge is -2.31. The summed E-state index contributed by atoms with van der Waals surface area (Å²) in [6.45, 7) is 2.93. The van der Waals surface area contributed by atoms with Crippen molar-refractivity contribution in [2.45, 2.75) is 19.8 Å². The predicted octanol–water partition coefficient (Wildman–Crippen LogP) is 3.22. The second-order valence-electron chi connectivity index (χ2n) is 7.18. The number of halogens is 1. The van der Waals surface area contributed by atoms with Crippen LogP contribution in [0.4, 0.5) is 4.39 Å². The Kier molecular flexibility index (Phi) is 5.65. The van der Waals surface area contributed by atoms with Gasteiger partial charge in [0.1, 0.15) is 17.1 Å². The van der Waals surface area contributed by atoms with Gasteiger partial charge < -0.3 is 14.2 Å². The fourth-order valence-electron chi connectivity index (χ4n) is 3.80. The van der Waals surface area contributed by atoms with Crippen molar-refractivity contribution in [3.05, 3.63) is 66.4 Å². The van der Waals surface area contributed by atoms with E-state index in [9.17, 15) is 14.0 Å². The number of piperidine rings is 1. The van der Waals surface area contributed by atoms with Gasteiger partial charge in [-0.05, 0) is 44.0 Å². The zero-order valence-corrected chi connectivity index (χ0v) is 16.7. The highest BCUT2D eigenvalue weighted by Gasteiger charge is 2.32. The lowest BCUT2D eigenvalue weighted by molar-refractivity contribution is -0.149. The Morgan fingerprint density at radius 2 is 1.97 bits per heavy atom. The Hall–Kier alpha value is -3.42. The van der Waals surface area contributed by atoms with Gasteiger partial charge in [-0.1, -0.05) is 12.1 Å². The minimum absolute atomic E-state index is 0.240. The number of hydrogen-bond donors (Lipinski definition) is 0. The quantitative estimate of drug-likeness (QED) is 0.606. The van der Waals surface area contributed by atoms with Crippen LogP contribution in [0, 0.1) is 11.7 Å². The second-order valence-corrected chi connectivity index (χ2v) is 7.18. The zero-order valence-electron chi connectivity index (χ0n) is 16.7. The molecule has 0 spiro atoms. The average molecular weight is 410 g/mol. The molecule has 0 bridgehead atoms. The van der Waals surface area contributed by atoms with Gasteiger partial charge in [-0.15, -0.1) is 0 Å². The van der Waals surface area contributed by atoms with Gasteiger partial charge >= 0.3 is 5.97 Å². The fraction of sp³-hybridized carbons (Fsp3) is 0.318. The maximum atomic E-state index is 14.5. The van der Waals surface area contributed by atoms with Crippen LogP contribution < -0.4 is 0 Å². The third-order valence-corrected chi connectivity index (χ3v) is 5.23. The molecule has 156 valence electrons. The predicted molar refractivity (Wildman–Crippen MR) is 108 cm³/mol. The van der Waals surface area contributed by atoms with Gasteiger partial charge in [-0.25, -0.2) is 9.07 Å². The molecule has 1 aliphatic rings. The van der Waals surface area contributed by atoms with Crippen molar-refractivity contribution in [3.63, 3.8) is 0 Å². The Balaban J connectivity index is 1.70. The van der Waals surface area contributed by atoms with Crippen LogP contribution in [0.3, 0.4) is 0 Å². The summed E-state index contributed by atoms with van der Waals surface area (Å²) in [6, 6.07) is 9.94. The molecule has 1 amide bonds. The zero-order chi connectivity index (χ0) is 21.1. The van der Waals surface area contributed by atoms with Crippen molar-refractivity contribution in [1.82, 2.24) is 19.2 Å². The van der Waals surface area contributed by atoms with E-state index in [0.29, 0.717) is 37.5 Å². The second kappa shape index (κ2) is 8.52. The summed E-state index contributed by atoms with van der Waals surface area (Å²) in [5.74, 6) is -0.834. The van der Waals surface area contributed by atoms with Crippen LogP contribution in [-0.2, 0) is 9.53 Å². The molecule has 3 heterocycles. The number of hydrogen-bond acceptors (Lipinski definition) is 4. The van der Waals surface area contributed by atoms with Crippen molar-refractivity contribution in [1.29, 1.82) is 0 Å². The van der Waals surface area contributed by atoms with Gasteiger partial charge in [-0.2, -0.15) is 5.10 Å². The van der Waals surface area contributed by atoms with Crippen LogP contribution >= 0.6 is 0 Å². The standard InChI is InChI=1S/C22H23FN4O3/c1-2-30-22(29)16-8-7-13-26(15-16)21(28)17-14-24-27(19-10-4-3-9-18(19)23)20(17)25-11-5-6-12-25/h3-6,9-12,14,16H,2,7-8,13,15H2,1H3/t16-/m0/s1. The van der Waals surface area contributed by atoms with Gasteiger partial charge in [0, 0.05) is 25.5 Å². The normalized spacial score (nSPS) is 16.5. The van der Waals surface area contributed by atoms with Gasteiger partial charge in [0.15, 0.2) is 5.82 Å². The number of carbonyl (C=O) groups is 2. The first-order valence-corrected chi connectivity index (χ1v) is 10.0. The summed E-state index contributed by atoms with van der Waals surface area (Å²) in [4.78, 5) is 27.2. The molecule has 0 aliphatic carbocycles. The number of amides is 1. The summed E-state index contributed by atoms with van der Waals surface area (Å²) in [6.07, 6.45) is 6.43. The van der Waals surface area contributed by atoms with Crippen LogP contribution in [0.5, 0.6) is 0 Å². The van der Waals surface area contributed by atoms with Crippen molar-refractivity contribution in [2.24, 2.45) is 5.92 Å². The van der Waals surface area contributed by atoms with E-state index in [2.05, 4.69) is 5.10 Å². The topological polar surface area (TPSA) is 69.4 Å². The SMILES string of the molecule is CCOC(=O)[C@H]1CCCN(C(=O)c2cnn(-c3ccccc3F)c2-n2cccc2)C1. The first-order chi connectivity index (χ1) is 14.6. The third-order valence-electron chi connectivity index (χ3n) is 5.23. The number of esters is 1. The number of nitrogens with zero attached hydrogens (tertiary/aromatic N) is 4. The lowest BCUT2D eigenvalue weighted by Crippen LogP contribution is -2.43. The number of likely N-dealkylation sites (tertiary alicyclic amines) is 1. The molecule has 0 radical (unpaired) electrons. The number of ether oxygens (including phenoxy) is 1. The Morgan fingerprint density at radius 1 is 1.20 bits per heavy atom. The molecule has 30 heavy (non-hydrogen) atoms. The van der Waals surface area contributed by atoms with Crippen molar-refractivity contribution in [3.8, 4) is 11.5 Å². The maximum absolute atomic E-state index is 14.5. The largest absolute Gasteiger partial charge is 0.466 e. The highest BCUT2D eigenvalue weighted by Crippen LogP contribution is 2.25. The summed E-state index contributed by atoms with van der Waals surface area (Å²) in [7, 11) is 0. The minimum atomic E-state index is -0.437. The van der Waals surface area contributed by atoms with Gasteiger partial charge in [0.25, 0.3) is 5.91 Å². The average Bonchev–Trinajstić information content (AvgIpc) is 3.43. The first-order valence-electron chi connectivity index (χ1n) is 10.0. The van der Waals surface area contributed by atoms with Crippen LogP contribution in [-0.4, -0.2) is 50.8 Å². The van der Waals surface area contributed by atoms with E-state index in [-0.39, 0.29) is 23.5 Å². The molecule has 8 heteroatoms. The lowest BCUT2D eigenvalue weighted by atomic mass is 9.97. The maximum Gasteiger partial charge on any atom is 0.310 e. The Morgan fingerprint density at radius 3 is 2.70 bits per heavy atom. The molecule has 1 saturated heterocycles. The van der Waals surface area contributed by atoms with Gasteiger partial charge in [0.2, 0.25) is 0 Å². The van der Waals surface area contributed by atoms with Crippen molar-refractivity contribution in [2.75, 3.05) is 19.7 Å². The third kappa shape index (κ3) is 3.72. The van der Waals surface area contributed by atoms with E-state index in [4.69, 9.17) is 4.74 Å². The summed E-state index contributed by atoms with van der Waals surface area (Å²) in [5.41, 5.74) is 0.599. The number of rotatable bonds is 5. The number of aromatic nitrogens is 3. The monoisotopic (exact) mass is 410 g/mol. The summed E-state index contributed by atoms with van der Waals surface area (Å²) in [5, 5.41) is 4.32. The van der Waals surface area contributed by atoms with Crippen LogP contribution in [0.25, 0.3) is 11.5 Å². The van der Waals surface area contributed by atoms with E-state index in [1.54, 1.807) is 47.0 Å². The molecule has 1 fully saturated rings. The number of para-hydroxylation sites is 1. The molecule has 1 aromatic carbocycles. The molecule has 3 aromatic rings. The number of benzene rings is 1. The highest BCUT2D eigenvalue weighted by molar-refractivity contribution is 5.97. The molecule has 0 N–H and O–H groups in total. The van der Waals surface area contributed by atoms with Crippen LogP contribution in [0.1, 0.15) is 30.1 Å². The van der Waals surface area contributed by atoms with E-state index in [0.717, 1.165) is 6.42 Å². The van der Waals surface area contributed by atoms with E-state index in [1.165, 1.54) is 16.9 Å². The Bertz CT molecular complexity index is 1040.